The Morgan fingerprint density at radius 3 is 1.55 bits per heavy atom. The van der Waals surface area contributed by atoms with Gasteiger partial charge in [0.2, 0.25) is 100 Å². The average molecular weight is 1830 g/mol. The molecule has 0 saturated carbocycles. The number of thioether (sulfide) groups is 1. The summed E-state index contributed by atoms with van der Waals surface area (Å²) in [4.78, 5) is 265. The topological polar surface area (TPSA) is 662 Å². The van der Waals surface area contributed by atoms with Crippen molar-refractivity contribution < 1.29 is 96.8 Å². The minimum absolute atomic E-state index is 0.0161. The van der Waals surface area contributed by atoms with Crippen LogP contribution in [0.15, 0.2) is 97.7 Å². The fourth-order valence-electron chi connectivity index (χ4n) is 15.6. The molecule has 3 aliphatic rings. The van der Waals surface area contributed by atoms with Crippen molar-refractivity contribution in [1.29, 1.82) is 5.41 Å². The van der Waals surface area contributed by atoms with E-state index in [4.69, 9.17) is 22.6 Å². The van der Waals surface area contributed by atoms with Gasteiger partial charge in [-0.1, -0.05) is 68.3 Å². The number of hydrogen-bond donors (Lipinski definition) is 21. The Bertz CT molecular complexity index is 5090. The number of carbonyl (C=O) groups is 17. The number of nitrogens with one attached hydrogen (secondary N) is 15. The number of phenolic OH excluding ortho intramolecular Hbond substituents is 1. The Morgan fingerprint density at radius 1 is 0.515 bits per heavy atom. The molecule has 17 amide bonds. The summed E-state index contributed by atoms with van der Waals surface area (Å²) < 4.78 is 0. The number of hydrogen-bond acceptors (Lipinski definition) is 23. The van der Waals surface area contributed by atoms with Gasteiger partial charge in [-0.2, -0.15) is 0 Å². The van der Waals surface area contributed by atoms with E-state index in [9.17, 15) is 77.6 Å². The number of phenols is 1. The average Bonchev–Trinajstić information content (AvgIpc) is 1.60. The van der Waals surface area contributed by atoms with Gasteiger partial charge in [-0.3, -0.25) is 86.9 Å². The number of H-pyrrole nitrogens is 3. The maximum atomic E-state index is 15.5. The van der Waals surface area contributed by atoms with Gasteiger partial charge >= 0.3 is 0 Å². The molecule has 0 spiro atoms. The summed E-state index contributed by atoms with van der Waals surface area (Å²) in [5.41, 5.74) is 19.6. The number of unbranched alkanes of at least 4 members (excludes halogenated alkanes) is 1. The lowest BCUT2D eigenvalue weighted by Gasteiger charge is -2.35. The minimum atomic E-state index is -1.87. The monoisotopic (exact) mass is 1820 g/mol. The van der Waals surface area contributed by atoms with E-state index in [1.54, 1.807) is 60.9 Å². The molecule has 0 bridgehead atoms. The van der Waals surface area contributed by atoms with Gasteiger partial charge in [0.15, 0.2) is 5.96 Å². The normalized spacial score (nSPS) is 24.6. The highest BCUT2D eigenvalue weighted by atomic mass is 32.2. The van der Waals surface area contributed by atoms with Crippen molar-refractivity contribution in [1.82, 2.24) is 103 Å². The summed E-state index contributed by atoms with van der Waals surface area (Å²) >= 11 is 0.748. The van der Waals surface area contributed by atoms with E-state index in [0.717, 1.165) is 36.3 Å². The molecule has 9 rings (SSSR count). The summed E-state index contributed by atoms with van der Waals surface area (Å²) in [5.74, 6) is -18.0. The summed E-state index contributed by atoms with van der Waals surface area (Å²) in [6, 6.07) is -2.53. The quantitative estimate of drug-likeness (QED) is 0.0172. The number of aromatic amines is 3. The van der Waals surface area contributed by atoms with Gasteiger partial charge in [0, 0.05) is 118 Å². The number of imidazole rings is 1. The van der Waals surface area contributed by atoms with E-state index in [2.05, 4.69) is 78.4 Å². The molecular weight excluding hydrogens is 1710 g/mol. The zero-order valence-corrected chi connectivity index (χ0v) is 73.8. The van der Waals surface area contributed by atoms with Crippen molar-refractivity contribution >= 4 is 140 Å². The first kappa shape index (κ1) is 100. The summed E-state index contributed by atoms with van der Waals surface area (Å²) in [5, 5.41) is 69.7. The zero-order chi connectivity index (χ0) is 94.7. The molecule has 44 nitrogen and oxygen atoms in total. The number of nitrogens with two attached hydrogens (primary N) is 3. The standard InChI is InChI=1S/C85H116N24O20S/c1-7-8-21-67-84(129)106(5)46(3)71(116)97-56(20-13-28-91-85(88)89)74(119)104-64(73(118)94-39-69(87)114)42-130-43-70(115)96-59(31-47-24-26-51(112)27-25-47)80(125)105(4)45(2)72(117)100-61(35-68(86)113)82(127)108-29-14-22-65(108)79(124)99-58(34-50-38-90-44-95-50)76(121)103-63(41-111)83(128)109-30-15-23-66(109)78(123)98-57(32-48-36-92-54-18-11-9-16-52(48)54)75(120)102-62(40-110)77(122)101-60(81(126)107(67)6)33-49-37-93-55-19-12-10-17-53(49)55/h9-12,16-19,24-27,36-38,44-46,56-67,92-93,110-112H,7-8,13-15,20-23,28-35,39-43H2,1-6H3,(H2,86,113)(H2,87,114)(H,90,95)(H,94,118)(H,96,115)(H,97,116)(H,98,123)(H,99,124)(H,100,117)(H,101,122)(H,102,120)(H,103,121)(H,104,119)(H4,88,89,91)/t45-,46-,56-,57-,58-,59-,60-,61+,62-,63-,64-,65-,66-,67-/m0/s1. The van der Waals surface area contributed by atoms with Crippen LogP contribution in [0.4, 0.5) is 0 Å². The predicted molar refractivity (Wildman–Crippen MR) is 472 cm³/mol. The maximum absolute atomic E-state index is 15.5. The highest BCUT2D eigenvalue weighted by molar-refractivity contribution is 8.00. The van der Waals surface area contributed by atoms with Gasteiger partial charge in [0.1, 0.15) is 90.3 Å². The number of carbonyl (C=O) groups excluding carboxylic acids is 17. The molecule has 702 valence electrons. The number of para-hydroxylation sites is 2. The number of aromatic nitrogens is 4. The Labute approximate surface area is 751 Å². The van der Waals surface area contributed by atoms with Gasteiger partial charge in [-0.05, 0) is 99.7 Å². The molecule has 3 aromatic carbocycles. The van der Waals surface area contributed by atoms with E-state index >= 15 is 19.2 Å². The van der Waals surface area contributed by atoms with Crippen LogP contribution in [-0.4, -0.2) is 323 Å². The van der Waals surface area contributed by atoms with Crippen molar-refractivity contribution in [3.63, 3.8) is 0 Å². The van der Waals surface area contributed by atoms with Gasteiger partial charge in [0.05, 0.1) is 38.3 Å². The lowest BCUT2D eigenvalue weighted by Crippen LogP contribution is -2.62. The number of nitrogens with zero attached hydrogens (tertiary/aromatic N) is 6. The second-order valence-corrected chi connectivity index (χ2v) is 33.4. The van der Waals surface area contributed by atoms with Crippen LogP contribution in [0, 0.1) is 5.41 Å². The summed E-state index contributed by atoms with van der Waals surface area (Å²) in [6.07, 6.45) is 4.76. The maximum Gasteiger partial charge on any atom is 0.248 e. The number of rotatable bonds is 22. The van der Waals surface area contributed by atoms with Gasteiger partial charge in [-0.25, -0.2) is 4.98 Å². The van der Waals surface area contributed by atoms with Gasteiger partial charge in [-0.15, -0.1) is 11.8 Å². The lowest BCUT2D eigenvalue weighted by molar-refractivity contribution is -0.149. The van der Waals surface area contributed by atoms with E-state index in [1.807, 2.05) is 6.92 Å². The molecule has 24 N–H and O–H groups in total. The number of amides is 17. The highest BCUT2D eigenvalue weighted by Gasteiger charge is 2.45. The Kier molecular flexibility index (Phi) is 36.5. The molecule has 0 radical (unpaired) electrons. The summed E-state index contributed by atoms with van der Waals surface area (Å²) in [7, 11) is 3.80. The van der Waals surface area contributed by atoms with Crippen LogP contribution in [0.25, 0.3) is 21.8 Å². The molecule has 130 heavy (non-hydrogen) atoms. The van der Waals surface area contributed by atoms with E-state index in [1.165, 1.54) is 71.8 Å². The van der Waals surface area contributed by atoms with Crippen LogP contribution in [0.3, 0.4) is 0 Å². The summed E-state index contributed by atoms with van der Waals surface area (Å²) in [6.45, 7) is 1.27. The number of aromatic hydroxyl groups is 1. The zero-order valence-electron chi connectivity index (χ0n) is 73.0. The van der Waals surface area contributed by atoms with Crippen molar-refractivity contribution in [2.24, 2.45) is 17.2 Å². The number of benzene rings is 3. The fourth-order valence-corrected chi connectivity index (χ4v) is 16.5. The first-order valence-corrected chi connectivity index (χ1v) is 43.9. The molecule has 0 unspecified atom stereocenters. The molecule has 0 aliphatic carbocycles. The first-order chi connectivity index (χ1) is 62.0. The van der Waals surface area contributed by atoms with Crippen LogP contribution in [0.1, 0.15) is 107 Å². The van der Waals surface area contributed by atoms with E-state index in [0.29, 0.717) is 51.3 Å². The number of aliphatic hydroxyl groups excluding tert-OH is 2. The third-order valence-corrected chi connectivity index (χ3v) is 24.2. The SMILES string of the molecule is CCCC[C@H]1C(=O)N(C)[C@@H](C)C(=O)N[C@@H](CCCNC(=N)N)C(=O)N[C@H](C(=O)NCC(N)=O)CSCC(=O)N[C@@H](Cc2ccc(O)cc2)C(=O)N(C)[C@@H](C)C(=O)N[C@H](CC(N)=O)C(=O)N2CCC[C@H]2C(=O)N[C@@H](Cc2cnc[nH]2)C(=O)N[C@@H](CO)C(=O)N2CCC[C@H]2C(=O)N[C@@H](Cc2c[nH]c3ccccc23)C(=O)N[C@@H](CO)C(=O)N[C@@H](Cc2c[nH]c3ccccc23)C(=O)N1C. The third-order valence-electron chi connectivity index (χ3n) is 23.1. The lowest BCUT2D eigenvalue weighted by atomic mass is 10.0. The van der Waals surface area contributed by atoms with Crippen molar-refractivity contribution in [2.45, 2.75) is 195 Å². The molecule has 3 saturated heterocycles. The van der Waals surface area contributed by atoms with E-state index in [-0.39, 0.29) is 102 Å². The van der Waals surface area contributed by atoms with Crippen LogP contribution in [-0.2, 0) is 107 Å². The van der Waals surface area contributed by atoms with Crippen LogP contribution in [0.2, 0.25) is 0 Å². The third kappa shape index (κ3) is 26.9. The van der Waals surface area contributed by atoms with Crippen LogP contribution >= 0.6 is 11.8 Å². The van der Waals surface area contributed by atoms with Gasteiger partial charge in [0.25, 0.3) is 0 Å². The van der Waals surface area contributed by atoms with Crippen molar-refractivity contribution in [3.05, 3.63) is 120 Å². The molecule has 45 heteroatoms. The molecule has 6 aromatic rings. The Morgan fingerprint density at radius 2 is 1.01 bits per heavy atom. The molecule has 3 aromatic heterocycles. The molecule has 3 fully saturated rings. The van der Waals surface area contributed by atoms with Crippen LogP contribution < -0.4 is 75.7 Å². The smallest absolute Gasteiger partial charge is 0.248 e. The van der Waals surface area contributed by atoms with Crippen molar-refractivity contribution in [2.75, 3.05) is 72.0 Å². The minimum Gasteiger partial charge on any atom is -0.508 e. The number of likely N-dealkylation sites (N-methyl/N-ethyl adjacent to an activating group) is 3. The molecule has 14 atom stereocenters. The van der Waals surface area contributed by atoms with Crippen LogP contribution in [0.5, 0.6) is 5.75 Å². The fraction of sp³-hybridized carbons (Fsp3) is 0.494. The Hall–Kier alpha value is -13.7. The molecular formula is C85H116N24O20S. The predicted octanol–water partition coefficient (Wildman–Crippen LogP) is -5.12. The largest absolute Gasteiger partial charge is 0.508 e. The molecule has 6 heterocycles. The second kappa shape index (κ2) is 47.4. The second-order valence-electron chi connectivity index (χ2n) is 32.3. The van der Waals surface area contributed by atoms with Gasteiger partial charge < -0.3 is 130 Å². The number of primary amides is 2. The number of guanidine groups is 1. The molecule has 3 aliphatic heterocycles. The van der Waals surface area contributed by atoms with E-state index < -0.39 is 229 Å². The highest BCUT2D eigenvalue weighted by Crippen LogP contribution is 2.27. The van der Waals surface area contributed by atoms with Crippen molar-refractivity contribution in [3.8, 4) is 5.75 Å². The number of aliphatic hydroxyl groups is 2. The first-order valence-electron chi connectivity index (χ1n) is 42.7. The number of fused-ring (bicyclic) bond motifs is 4. The Balaban J connectivity index is 1.07.